The van der Waals surface area contributed by atoms with Gasteiger partial charge in [0.15, 0.2) is 0 Å². The second-order valence-corrected chi connectivity index (χ2v) is 6.74. The van der Waals surface area contributed by atoms with Crippen molar-refractivity contribution in [2.75, 3.05) is 18.0 Å². The Balaban J connectivity index is 1.86. The first-order valence-corrected chi connectivity index (χ1v) is 8.52. The molecule has 6 nitrogen and oxygen atoms in total. The van der Waals surface area contributed by atoms with E-state index in [9.17, 15) is 18.8 Å². The van der Waals surface area contributed by atoms with Crippen LogP contribution in [0.15, 0.2) is 18.2 Å². The predicted molar refractivity (Wildman–Crippen MR) is 88.8 cm³/mol. The average molecular weight is 348 g/mol. The summed E-state index contributed by atoms with van der Waals surface area (Å²) in [5, 5.41) is 9.10. The molecule has 1 aliphatic carbocycles. The molecule has 1 N–H and O–H groups in total. The quantitative estimate of drug-likeness (QED) is 0.855. The molecule has 2 fully saturated rings. The summed E-state index contributed by atoms with van der Waals surface area (Å²) in [4.78, 5) is 38.8. The second-order valence-electron chi connectivity index (χ2n) is 6.74. The van der Waals surface area contributed by atoms with Gasteiger partial charge in [-0.15, -0.1) is 0 Å². The molecule has 1 saturated carbocycles. The van der Waals surface area contributed by atoms with Crippen molar-refractivity contribution in [1.29, 1.82) is 0 Å². The summed E-state index contributed by atoms with van der Waals surface area (Å²) in [6, 6.07) is 4.06. The van der Waals surface area contributed by atoms with Gasteiger partial charge in [-0.25, -0.2) is 4.39 Å². The van der Waals surface area contributed by atoms with E-state index >= 15 is 0 Å². The first kappa shape index (κ1) is 17.4. The van der Waals surface area contributed by atoms with Gasteiger partial charge >= 0.3 is 5.97 Å². The van der Waals surface area contributed by atoms with Crippen molar-refractivity contribution >= 4 is 23.5 Å². The zero-order chi connectivity index (χ0) is 18.1. The summed E-state index contributed by atoms with van der Waals surface area (Å²) >= 11 is 0. The van der Waals surface area contributed by atoms with Crippen LogP contribution in [-0.2, 0) is 9.59 Å². The van der Waals surface area contributed by atoms with Gasteiger partial charge in [0.05, 0.1) is 11.5 Å². The maximum Gasteiger partial charge on any atom is 0.308 e. The van der Waals surface area contributed by atoms with E-state index in [4.69, 9.17) is 5.11 Å². The van der Waals surface area contributed by atoms with Crippen molar-refractivity contribution in [3.8, 4) is 0 Å². The number of hydrogen-bond donors (Lipinski definition) is 1. The number of aliphatic carboxylic acids is 1. The fraction of sp³-hybridized carbons (Fsp3) is 0.500. The van der Waals surface area contributed by atoms with Gasteiger partial charge in [-0.2, -0.15) is 0 Å². The summed E-state index contributed by atoms with van der Waals surface area (Å²) in [6.45, 7) is 2.13. The monoisotopic (exact) mass is 348 g/mol. The normalized spacial score (nSPS) is 18.3. The highest BCUT2D eigenvalue weighted by Crippen LogP contribution is 2.31. The van der Waals surface area contributed by atoms with Gasteiger partial charge in [-0.1, -0.05) is 6.92 Å². The number of anilines is 1. The molecule has 134 valence electrons. The van der Waals surface area contributed by atoms with Crippen LogP contribution in [0.2, 0.25) is 0 Å². The fourth-order valence-electron chi connectivity index (χ4n) is 3.08. The molecule has 1 aliphatic heterocycles. The maximum absolute atomic E-state index is 14.3. The Labute approximate surface area is 145 Å². The van der Waals surface area contributed by atoms with E-state index in [1.54, 1.807) is 4.90 Å². The lowest BCUT2D eigenvalue weighted by molar-refractivity contribution is -0.141. The highest BCUT2D eigenvalue weighted by molar-refractivity contribution is 5.99. The van der Waals surface area contributed by atoms with Crippen LogP contribution >= 0.6 is 0 Å². The number of carboxylic acid groups (broad SMARTS) is 1. The third-order valence-corrected chi connectivity index (χ3v) is 4.71. The summed E-state index contributed by atoms with van der Waals surface area (Å²) < 4.78 is 14.3. The SMILES string of the molecule is C[C@H](CN(C(=O)c1cc(N2CCCC2=O)ccc1F)C1CC1)C(=O)O. The maximum atomic E-state index is 14.3. The van der Waals surface area contributed by atoms with Crippen LogP contribution in [0.1, 0.15) is 43.0 Å². The van der Waals surface area contributed by atoms with E-state index < -0.39 is 23.6 Å². The number of rotatable bonds is 6. The van der Waals surface area contributed by atoms with Crippen LogP contribution in [0.5, 0.6) is 0 Å². The number of benzene rings is 1. The molecular weight excluding hydrogens is 327 g/mol. The number of carbonyl (C=O) groups excluding carboxylic acids is 2. The van der Waals surface area contributed by atoms with E-state index in [0.717, 1.165) is 19.3 Å². The van der Waals surface area contributed by atoms with Gasteiger partial charge in [-0.3, -0.25) is 14.4 Å². The molecule has 1 aromatic carbocycles. The number of carboxylic acids is 1. The predicted octanol–water partition coefficient (Wildman–Crippen LogP) is 2.28. The third-order valence-electron chi connectivity index (χ3n) is 4.71. The highest BCUT2D eigenvalue weighted by atomic mass is 19.1. The minimum Gasteiger partial charge on any atom is -0.481 e. The summed E-state index contributed by atoms with van der Waals surface area (Å²) in [5.41, 5.74) is 0.399. The Morgan fingerprint density at radius 1 is 1.40 bits per heavy atom. The Kier molecular flexibility index (Phi) is 4.74. The molecule has 3 rings (SSSR count). The molecule has 2 amide bonds. The van der Waals surface area contributed by atoms with Crippen molar-refractivity contribution in [2.24, 2.45) is 5.92 Å². The van der Waals surface area contributed by atoms with Crippen molar-refractivity contribution in [3.05, 3.63) is 29.6 Å². The topological polar surface area (TPSA) is 77.9 Å². The summed E-state index contributed by atoms with van der Waals surface area (Å²) in [7, 11) is 0. The lowest BCUT2D eigenvalue weighted by Crippen LogP contribution is -2.39. The standard InChI is InChI=1S/C18H21FN2O4/c1-11(18(24)25)10-21(12-4-5-12)17(23)14-9-13(6-7-15(14)19)20-8-2-3-16(20)22/h6-7,9,11-12H,2-5,8,10H2,1H3,(H,24,25)/t11-/m1/s1. The smallest absolute Gasteiger partial charge is 0.308 e. The zero-order valence-electron chi connectivity index (χ0n) is 14.1. The summed E-state index contributed by atoms with van der Waals surface area (Å²) in [6.07, 6.45) is 2.78. The molecule has 1 aromatic rings. The van der Waals surface area contributed by atoms with E-state index in [1.165, 1.54) is 30.0 Å². The van der Waals surface area contributed by atoms with Gasteiger partial charge in [0.25, 0.3) is 5.91 Å². The molecular formula is C18H21FN2O4. The molecule has 0 spiro atoms. The molecule has 2 aliphatic rings. The molecule has 1 atom stereocenters. The van der Waals surface area contributed by atoms with Gasteiger partial charge in [0.1, 0.15) is 5.82 Å². The number of nitrogens with zero attached hydrogens (tertiary/aromatic N) is 2. The average Bonchev–Trinajstić information content (AvgIpc) is 3.33. The lowest BCUT2D eigenvalue weighted by Gasteiger charge is -2.25. The molecule has 0 radical (unpaired) electrons. The molecule has 1 heterocycles. The van der Waals surface area contributed by atoms with Crippen LogP contribution in [0.3, 0.4) is 0 Å². The first-order valence-electron chi connectivity index (χ1n) is 8.52. The Morgan fingerprint density at radius 3 is 2.68 bits per heavy atom. The van der Waals surface area contributed by atoms with E-state index in [2.05, 4.69) is 0 Å². The van der Waals surface area contributed by atoms with Gasteiger partial charge in [-0.05, 0) is 37.5 Å². The van der Waals surface area contributed by atoms with Crippen LogP contribution in [0, 0.1) is 11.7 Å². The van der Waals surface area contributed by atoms with Crippen molar-refractivity contribution in [3.63, 3.8) is 0 Å². The Bertz CT molecular complexity index is 717. The molecule has 0 aromatic heterocycles. The number of carbonyl (C=O) groups is 3. The van der Waals surface area contributed by atoms with Crippen molar-refractivity contribution in [1.82, 2.24) is 4.90 Å². The van der Waals surface area contributed by atoms with Crippen LogP contribution in [-0.4, -0.2) is 46.9 Å². The largest absolute Gasteiger partial charge is 0.481 e. The Morgan fingerprint density at radius 2 is 2.12 bits per heavy atom. The fourth-order valence-corrected chi connectivity index (χ4v) is 3.08. The Hall–Kier alpha value is -2.44. The van der Waals surface area contributed by atoms with Crippen LogP contribution in [0.25, 0.3) is 0 Å². The van der Waals surface area contributed by atoms with Gasteiger partial charge in [0, 0.05) is 31.2 Å². The first-order chi connectivity index (χ1) is 11.9. The molecule has 7 heteroatoms. The second kappa shape index (κ2) is 6.82. The van der Waals surface area contributed by atoms with Crippen molar-refractivity contribution in [2.45, 2.75) is 38.6 Å². The minimum atomic E-state index is -0.990. The number of hydrogen-bond acceptors (Lipinski definition) is 3. The van der Waals surface area contributed by atoms with Gasteiger partial charge in [0.2, 0.25) is 5.91 Å². The van der Waals surface area contributed by atoms with Crippen LogP contribution < -0.4 is 4.90 Å². The number of halogens is 1. The minimum absolute atomic E-state index is 0.0363. The molecule has 0 bridgehead atoms. The van der Waals surface area contributed by atoms with Crippen LogP contribution in [0.4, 0.5) is 10.1 Å². The van der Waals surface area contributed by atoms with Gasteiger partial charge < -0.3 is 14.9 Å². The van der Waals surface area contributed by atoms with E-state index in [1.807, 2.05) is 0 Å². The van der Waals surface area contributed by atoms with E-state index in [0.29, 0.717) is 18.7 Å². The van der Waals surface area contributed by atoms with Crippen molar-refractivity contribution < 1.29 is 23.9 Å². The third kappa shape index (κ3) is 3.65. The molecule has 25 heavy (non-hydrogen) atoms. The number of amides is 2. The zero-order valence-corrected chi connectivity index (χ0v) is 14.1. The molecule has 0 unspecified atom stereocenters. The van der Waals surface area contributed by atoms with E-state index in [-0.39, 0.29) is 24.1 Å². The summed E-state index contributed by atoms with van der Waals surface area (Å²) in [5.74, 6) is -2.93. The molecule has 1 saturated heterocycles. The lowest BCUT2D eigenvalue weighted by atomic mass is 10.1. The highest BCUT2D eigenvalue weighted by Gasteiger charge is 2.36.